The first-order valence-corrected chi connectivity index (χ1v) is 7.33. The number of pyridine rings is 1. The van der Waals surface area contributed by atoms with Crippen LogP contribution in [0.2, 0.25) is 5.02 Å². The highest BCUT2D eigenvalue weighted by atomic mass is 35.5. The number of rotatable bonds is 3. The highest BCUT2D eigenvalue weighted by molar-refractivity contribution is 6.32. The van der Waals surface area contributed by atoms with Crippen molar-refractivity contribution in [2.75, 3.05) is 24.5 Å². The first kappa shape index (κ1) is 14.9. The lowest BCUT2D eigenvalue weighted by atomic mass is 10.1. The fraction of sp³-hybridized carbons (Fsp3) is 0.357. The second-order valence-corrected chi connectivity index (χ2v) is 5.63. The van der Waals surface area contributed by atoms with E-state index in [1.165, 1.54) is 12.3 Å². The Morgan fingerprint density at radius 3 is 3.05 bits per heavy atom. The van der Waals surface area contributed by atoms with Gasteiger partial charge in [0.25, 0.3) is 5.56 Å². The van der Waals surface area contributed by atoms with Crippen LogP contribution in [0.4, 0.5) is 10.2 Å². The molecule has 1 unspecified atom stereocenters. The minimum absolute atomic E-state index is 0.0379. The number of nitrogens with zero attached hydrogens (tertiary/aromatic N) is 3. The van der Waals surface area contributed by atoms with Gasteiger partial charge in [0, 0.05) is 30.9 Å². The molecule has 1 atom stereocenters. The van der Waals surface area contributed by atoms with Gasteiger partial charge in [-0.15, -0.1) is 0 Å². The SMILES string of the molecule is NCC1CCN(c2nc(-c3ccnc(F)c3)[nH]c(=O)c2Cl)C1. The Hall–Kier alpha value is -1.99. The lowest BCUT2D eigenvalue weighted by molar-refractivity contribution is 0.584. The maximum Gasteiger partial charge on any atom is 0.272 e. The average Bonchev–Trinajstić information content (AvgIpc) is 2.98. The van der Waals surface area contributed by atoms with Crippen molar-refractivity contribution >= 4 is 17.4 Å². The smallest absolute Gasteiger partial charge is 0.272 e. The molecule has 6 nitrogen and oxygen atoms in total. The molecule has 0 amide bonds. The van der Waals surface area contributed by atoms with Crippen molar-refractivity contribution in [3.05, 3.63) is 39.7 Å². The summed E-state index contributed by atoms with van der Waals surface area (Å²) < 4.78 is 13.2. The summed E-state index contributed by atoms with van der Waals surface area (Å²) in [7, 11) is 0. The predicted octanol–water partition coefficient (Wildman–Crippen LogP) is 1.41. The van der Waals surface area contributed by atoms with E-state index < -0.39 is 11.5 Å². The zero-order valence-corrected chi connectivity index (χ0v) is 12.5. The second-order valence-electron chi connectivity index (χ2n) is 5.26. The Kier molecular flexibility index (Phi) is 4.08. The van der Waals surface area contributed by atoms with Gasteiger partial charge in [0.1, 0.15) is 10.8 Å². The molecule has 0 spiro atoms. The summed E-state index contributed by atoms with van der Waals surface area (Å²) in [4.78, 5) is 24.4. The summed E-state index contributed by atoms with van der Waals surface area (Å²) in [5.41, 5.74) is 5.68. The van der Waals surface area contributed by atoms with E-state index in [4.69, 9.17) is 17.3 Å². The molecule has 1 fully saturated rings. The molecule has 0 aliphatic carbocycles. The van der Waals surface area contributed by atoms with Crippen molar-refractivity contribution in [3.63, 3.8) is 0 Å². The third-order valence-corrected chi connectivity index (χ3v) is 4.10. The molecule has 2 aromatic rings. The molecule has 2 aromatic heterocycles. The van der Waals surface area contributed by atoms with Crippen LogP contribution in [0.15, 0.2) is 23.1 Å². The van der Waals surface area contributed by atoms with Gasteiger partial charge >= 0.3 is 0 Å². The zero-order valence-electron chi connectivity index (χ0n) is 11.7. The largest absolute Gasteiger partial charge is 0.355 e. The van der Waals surface area contributed by atoms with Gasteiger partial charge in [0.15, 0.2) is 5.82 Å². The summed E-state index contributed by atoms with van der Waals surface area (Å²) in [5, 5.41) is 0.0379. The Morgan fingerprint density at radius 1 is 1.55 bits per heavy atom. The van der Waals surface area contributed by atoms with Gasteiger partial charge in [-0.25, -0.2) is 9.97 Å². The van der Waals surface area contributed by atoms with E-state index in [0.29, 0.717) is 30.4 Å². The Labute approximate surface area is 131 Å². The minimum atomic E-state index is -0.638. The van der Waals surface area contributed by atoms with Crippen LogP contribution in [-0.4, -0.2) is 34.6 Å². The van der Waals surface area contributed by atoms with Crippen LogP contribution >= 0.6 is 11.6 Å². The van der Waals surface area contributed by atoms with Gasteiger partial charge in [0.2, 0.25) is 5.95 Å². The molecule has 0 saturated carbocycles. The lowest BCUT2D eigenvalue weighted by Gasteiger charge is -2.19. The highest BCUT2D eigenvalue weighted by Gasteiger charge is 2.25. The third kappa shape index (κ3) is 2.82. The quantitative estimate of drug-likeness (QED) is 0.834. The Bertz CT molecular complexity index is 750. The first-order chi connectivity index (χ1) is 10.6. The third-order valence-electron chi connectivity index (χ3n) is 3.76. The van der Waals surface area contributed by atoms with E-state index in [-0.39, 0.29) is 10.8 Å². The fourth-order valence-electron chi connectivity index (χ4n) is 2.56. The van der Waals surface area contributed by atoms with Crippen LogP contribution in [-0.2, 0) is 0 Å². The Morgan fingerprint density at radius 2 is 2.36 bits per heavy atom. The number of halogens is 2. The molecule has 0 bridgehead atoms. The van der Waals surface area contributed by atoms with Gasteiger partial charge in [-0.1, -0.05) is 11.6 Å². The van der Waals surface area contributed by atoms with Gasteiger partial charge in [0.05, 0.1) is 0 Å². The fourth-order valence-corrected chi connectivity index (χ4v) is 2.77. The summed E-state index contributed by atoms with van der Waals surface area (Å²) in [6.45, 7) is 2.03. The maximum absolute atomic E-state index is 13.2. The van der Waals surface area contributed by atoms with Crippen LogP contribution in [0.5, 0.6) is 0 Å². The minimum Gasteiger partial charge on any atom is -0.355 e. The van der Waals surface area contributed by atoms with E-state index in [9.17, 15) is 9.18 Å². The average molecular weight is 324 g/mol. The van der Waals surface area contributed by atoms with Crippen LogP contribution < -0.4 is 16.2 Å². The Balaban J connectivity index is 2.02. The van der Waals surface area contributed by atoms with Crippen LogP contribution in [0.25, 0.3) is 11.4 Å². The van der Waals surface area contributed by atoms with Crippen molar-refractivity contribution in [1.82, 2.24) is 15.0 Å². The summed E-state index contributed by atoms with van der Waals surface area (Å²) >= 11 is 6.09. The summed E-state index contributed by atoms with van der Waals surface area (Å²) in [6.07, 6.45) is 2.25. The molecule has 116 valence electrons. The predicted molar refractivity (Wildman–Crippen MR) is 82.4 cm³/mol. The number of aromatic nitrogens is 3. The number of hydrogen-bond acceptors (Lipinski definition) is 5. The van der Waals surface area contributed by atoms with Crippen molar-refractivity contribution in [2.45, 2.75) is 6.42 Å². The second kappa shape index (κ2) is 6.02. The van der Waals surface area contributed by atoms with E-state index in [1.54, 1.807) is 6.07 Å². The van der Waals surface area contributed by atoms with E-state index in [0.717, 1.165) is 13.0 Å². The van der Waals surface area contributed by atoms with Crippen molar-refractivity contribution in [1.29, 1.82) is 0 Å². The molecule has 0 aromatic carbocycles. The number of anilines is 1. The molecule has 1 saturated heterocycles. The normalized spacial score (nSPS) is 18.0. The topological polar surface area (TPSA) is 87.9 Å². The molecule has 22 heavy (non-hydrogen) atoms. The molecule has 1 aliphatic rings. The van der Waals surface area contributed by atoms with Crippen LogP contribution in [0.3, 0.4) is 0 Å². The molecule has 3 rings (SSSR count). The molecule has 1 aliphatic heterocycles. The van der Waals surface area contributed by atoms with Gasteiger partial charge in [-0.2, -0.15) is 4.39 Å². The van der Waals surface area contributed by atoms with E-state index in [1.807, 2.05) is 4.90 Å². The number of aromatic amines is 1. The molecule has 3 N–H and O–H groups in total. The number of nitrogens with two attached hydrogens (primary N) is 1. The monoisotopic (exact) mass is 323 g/mol. The first-order valence-electron chi connectivity index (χ1n) is 6.95. The molecular formula is C14H15ClFN5O. The number of hydrogen-bond donors (Lipinski definition) is 2. The maximum atomic E-state index is 13.2. The number of H-pyrrole nitrogens is 1. The summed E-state index contributed by atoms with van der Waals surface area (Å²) in [5.74, 6) is 0.399. The number of nitrogens with one attached hydrogen (secondary N) is 1. The van der Waals surface area contributed by atoms with Gasteiger partial charge < -0.3 is 15.6 Å². The highest BCUT2D eigenvalue weighted by Crippen LogP contribution is 2.27. The van der Waals surface area contributed by atoms with Gasteiger partial charge in [-0.3, -0.25) is 4.79 Å². The van der Waals surface area contributed by atoms with Crippen molar-refractivity contribution in [3.8, 4) is 11.4 Å². The molecule has 8 heteroatoms. The van der Waals surface area contributed by atoms with E-state index >= 15 is 0 Å². The molecule has 3 heterocycles. The molecule has 0 radical (unpaired) electrons. The lowest BCUT2D eigenvalue weighted by Crippen LogP contribution is -2.26. The van der Waals surface area contributed by atoms with Crippen LogP contribution in [0.1, 0.15) is 6.42 Å². The van der Waals surface area contributed by atoms with Gasteiger partial charge in [-0.05, 0) is 24.9 Å². The van der Waals surface area contributed by atoms with E-state index in [2.05, 4.69) is 15.0 Å². The van der Waals surface area contributed by atoms with Crippen LogP contribution in [0, 0.1) is 11.9 Å². The standard InChI is InChI=1S/C14H15ClFN5O/c15-11-13(21-4-2-8(6-17)7-21)19-12(20-14(11)22)9-1-3-18-10(16)5-9/h1,3,5,8H,2,4,6-7,17H2,(H,19,20,22). The summed E-state index contributed by atoms with van der Waals surface area (Å²) in [6, 6.07) is 2.79. The van der Waals surface area contributed by atoms with Crippen molar-refractivity contribution < 1.29 is 4.39 Å². The molecular weight excluding hydrogens is 309 g/mol. The zero-order chi connectivity index (χ0) is 15.7. The van der Waals surface area contributed by atoms with Crippen molar-refractivity contribution in [2.24, 2.45) is 11.7 Å².